The second-order valence-corrected chi connectivity index (χ2v) is 7.92. The summed E-state index contributed by atoms with van der Waals surface area (Å²) in [5, 5.41) is 8.09. The Labute approximate surface area is 209 Å². The van der Waals surface area contributed by atoms with Crippen LogP contribution in [0, 0.1) is 6.92 Å². The van der Waals surface area contributed by atoms with Crippen LogP contribution in [0.5, 0.6) is 0 Å². The molecule has 7 nitrogen and oxygen atoms in total. The fourth-order valence-electron chi connectivity index (χ4n) is 4.28. The number of esters is 1. The summed E-state index contributed by atoms with van der Waals surface area (Å²) in [7, 11) is 0. The molecule has 5 aromatic rings. The topological polar surface area (TPSA) is 85.8 Å². The highest BCUT2D eigenvalue weighted by Gasteiger charge is 2.16. The van der Waals surface area contributed by atoms with Crippen molar-refractivity contribution in [1.82, 2.24) is 9.99 Å². The van der Waals surface area contributed by atoms with Gasteiger partial charge in [-0.2, -0.15) is 5.10 Å². The molecule has 0 aliphatic heterocycles. The quantitative estimate of drug-likeness (QED) is 0.177. The standard InChI is InChI=1S/C27H23N3O4.C2H6/c1-3-33-26(31)16-30-17(2)22(20-10-6-7-11-23(20)30)15-28-29-27(32)25-14-21-19-9-5-4-8-18(19)12-13-24(21)34-25;1-2/h4-15H,3,16H2,1-2H3,(H,29,32);1-2H3/b28-15+;. The van der Waals surface area contributed by atoms with E-state index in [0.29, 0.717) is 12.2 Å². The number of nitrogens with one attached hydrogen (secondary N) is 1. The molecule has 2 aromatic heterocycles. The van der Waals surface area contributed by atoms with Crippen LogP contribution in [-0.2, 0) is 16.1 Å². The van der Waals surface area contributed by atoms with Gasteiger partial charge in [-0.05, 0) is 42.8 Å². The van der Waals surface area contributed by atoms with Gasteiger partial charge in [0.1, 0.15) is 12.1 Å². The Balaban J connectivity index is 0.00000148. The second-order valence-electron chi connectivity index (χ2n) is 7.92. The number of benzene rings is 3. The number of fused-ring (bicyclic) bond motifs is 4. The maximum atomic E-state index is 12.7. The van der Waals surface area contributed by atoms with Crippen molar-refractivity contribution < 1.29 is 18.7 Å². The normalized spacial score (nSPS) is 11.1. The van der Waals surface area contributed by atoms with Crippen LogP contribution in [0.15, 0.2) is 76.2 Å². The van der Waals surface area contributed by atoms with Crippen LogP contribution in [0.1, 0.15) is 42.6 Å². The summed E-state index contributed by atoms with van der Waals surface area (Å²) in [5.74, 6) is -0.560. The fourth-order valence-corrected chi connectivity index (χ4v) is 4.28. The number of hydrogen-bond donors (Lipinski definition) is 1. The van der Waals surface area contributed by atoms with Crippen molar-refractivity contribution in [2.45, 2.75) is 34.2 Å². The molecule has 0 aliphatic carbocycles. The maximum absolute atomic E-state index is 12.7. The molecule has 3 aromatic carbocycles. The second kappa shape index (κ2) is 10.9. The van der Waals surface area contributed by atoms with Crippen LogP contribution in [0.3, 0.4) is 0 Å². The van der Waals surface area contributed by atoms with Gasteiger partial charge in [-0.25, -0.2) is 5.43 Å². The summed E-state index contributed by atoms with van der Waals surface area (Å²) in [6.45, 7) is 8.12. The molecule has 1 N–H and O–H groups in total. The lowest BCUT2D eigenvalue weighted by atomic mass is 10.1. The number of amides is 1. The Morgan fingerprint density at radius 1 is 1.00 bits per heavy atom. The average Bonchev–Trinajstić information content (AvgIpc) is 3.46. The number of aromatic nitrogens is 1. The Kier molecular flexibility index (Phi) is 7.49. The van der Waals surface area contributed by atoms with Crippen molar-refractivity contribution in [3.8, 4) is 0 Å². The molecule has 184 valence electrons. The van der Waals surface area contributed by atoms with E-state index in [-0.39, 0.29) is 18.3 Å². The van der Waals surface area contributed by atoms with Crippen molar-refractivity contribution in [2.24, 2.45) is 5.10 Å². The van der Waals surface area contributed by atoms with Crippen LogP contribution < -0.4 is 5.43 Å². The highest BCUT2D eigenvalue weighted by atomic mass is 16.5. The number of para-hydroxylation sites is 1. The minimum atomic E-state index is -0.440. The van der Waals surface area contributed by atoms with Crippen LogP contribution in [0.4, 0.5) is 0 Å². The van der Waals surface area contributed by atoms with E-state index in [1.165, 1.54) is 0 Å². The van der Waals surface area contributed by atoms with E-state index in [4.69, 9.17) is 9.15 Å². The van der Waals surface area contributed by atoms with Crippen molar-refractivity contribution in [3.63, 3.8) is 0 Å². The van der Waals surface area contributed by atoms with Gasteiger partial charge in [-0.15, -0.1) is 0 Å². The molecule has 1 amide bonds. The van der Waals surface area contributed by atoms with Gasteiger partial charge in [0.05, 0.1) is 12.8 Å². The van der Waals surface area contributed by atoms with Crippen LogP contribution >= 0.6 is 0 Å². The lowest BCUT2D eigenvalue weighted by Crippen LogP contribution is -2.17. The molecular formula is C29H29N3O4. The summed E-state index contributed by atoms with van der Waals surface area (Å²) in [6.07, 6.45) is 1.59. The van der Waals surface area contributed by atoms with Crippen LogP contribution in [0.2, 0.25) is 0 Å². The summed E-state index contributed by atoms with van der Waals surface area (Å²) in [4.78, 5) is 24.8. The molecule has 0 saturated carbocycles. The zero-order chi connectivity index (χ0) is 25.7. The van der Waals surface area contributed by atoms with E-state index in [0.717, 1.165) is 38.3 Å². The van der Waals surface area contributed by atoms with E-state index in [1.54, 1.807) is 19.2 Å². The monoisotopic (exact) mass is 483 g/mol. The molecule has 0 spiro atoms. The number of ether oxygens (including phenoxy) is 1. The summed E-state index contributed by atoms with van der Waals surface area (Å²) < 4.78 is 12.8. The van der Waals surface area contributed by atoms with Gasteiger partial charge in [0.25, 0.3) is 0 Å². The largest absolute Gasteiger partial charge is 0.465 e. The smallest absolute Gasteiger partial charge is 0.325 e. The van der Waals surface area contributed by atoms with E-state index < -0.39 is 5.91 Å². The zero-order valence-corrected chi connectivity index (χ0v) is 20.9. The Morgan fingerprint density at radius 2 is 1.72 bits per heavy atom. The first-order valence-electron chi connectivity index (χ1n) is 12.0. The number of rotatable bonds is 6. The van der Waals surface area contributed by atoms with Gasteiger partial charge in [-0.1, -0.05) is 62.4 Å². The predicted octanol–water partition coefficient (Wildman–Crippen LogP) is 6.20. The molecule has 36 heavy (non-hydrogen) atoms. The predicted molar refractivity (Wildman–Crippen MR) is 143 cm³/mol. The van der Waals surface area contributed by atoms with Gasteiger partial charge in [0.2, 0.25) is 0 Å². The maximum Gasteiger partial charge on any atom is 0.325 e. The first kappa shape index (κ1) is 24.7. The molecule has 0 atom stereocenters. The molecule has 5 rings (SSSR count). The fraction of sp³-hybridized carbons (Fsp3) is 0.207. The number of carbonyl (C=O) groups is 2. The van der Waals surface area contributed by atoms with Gasteiger partial charge < -0.3 is 13.7 Å². The lowest BCUT2D eigenvalue weighted by Gasteiger charge is -2.07. The van der Waals surface area contributed by atoms with E-state index in [2.05, 4.69) is 10.5 Å². The molecule has 0 unspecified atom stereocenters. The van der Waals surface area contributed by atoms with Gasteiger partial charge in [0.15, 0.2) is 5.76 Å². The van der Waals surface area contributed by atoms with E-state index in [1.807, 2.05) is 86.0 Å². The van der Waals surface area contributed by atoms with Crippen LogP contribution in [-0.4, -0.2) is 29.3 Å². The molecular weight excluding hydrogens is 454 g/mol. The third-order valence-electron chi connectivity index (χ3n) is 5.88. The average molecular weight is 484 g/mol. The summed E-state index contributed by atoms with van der Waals surface area (Å²) in [5.41, 5.74) is 5.76. The van der Waals surface area contributed by atoms with Gasteiger partial charge in [0, 0.05) is 27.5 Å². The Hall–Kier alpha value is -4.39. The molecule has 2 heterocycles. The molecule has 7 heteroatoms. The molecule has 0 aliphatic rings. The Bertz CT molecular complexity index is 1580. The summed E-state index contributed by atoms with van der Waals surface area (Å²) in [6, 6.07) is 21.3. The number of furan rings is 1. The lowest BCUT2D eigenvalue weighted by molar-refractivity contribution is -0.143. The molecule has 0 saturated heterocycles. The third-order valence-corrected chi connectivity index (χ3v) is 5.88. The number of nitrogens with zero attached hydrogens (tertiary/aromatic N) is 2. The Morgan fingerprint density at radius 3 is 2.50 bits per heavy atom. The van der Waals surface area contributed by atoms with Crippen LogP contribution in [0.25, 0.3) is 32.6 Å². The minimum absolute atomic E-state index is 0.104. The number of hydrogen-bond acceptors (Lipinski definition) is 5. The number of hydrazone groups is 1. The minimum Gasteiger partial charge on any atom is -0.465 e. The van der Waals surface area contributed by atoms with Crippen molar-refractivity contribution in [2.75, 3.05) is 6.61 Å². The van der Waals surface area contributed by atoms with Crippen molar-refractivity contribution >= 4 is 50.7 Å². The molecule has 0 fully saturated rings. The first-order valence-corrected chi connectivity index (χ1v) is 12.0. The van der Waals surface area contributed by atoms with E-state index >= 15 is 0 Å². The van der Waals surface area contributed by atoms with Gasteiger partial charge >= 0.3 is 11.9 Å². The first-order chi connectivity index (χ1) is 17.6. The number of carbonyl (C=O) groups excluding carboxylic acids is 2. The summed E-state index contributed by atoms with van der Waals surface area (Å²) >= 11 is 0. The van der Waals surface area contributed by atoms with Crippen molar-refractivity contribution in [1.29, 1.82) is 0 Å². The van der Waals surface area contributed by atoms with E-state index in [9.17, 15) is 9.59 Å². The third kappa shape index (κ3) is 4.73. The highest BCUT2D eigenvalue weighted by Crippen LogP contribution is 2.28. The van der Waals surface area contributed by atoms with Gasteiger partial charge in [-0.3, -0.25) is 9.59 Å². The highest BCUT2D eigenvalue weighted by molar-refractivity contribution is 6.08. The van der Waals surface area contributed by atoms with Crippen molar-refractivity contribution in [3.05, 3.63) is 83.7 Å². The molecule has 0 radical (unpaired) electrons. The zero-order valence-electron chi connectivity index (χ0n) is 20.9. The molecule has 0 bridgehead atoms. The SMILES string of the molecule is CC.CCOC(=O)Cn1c(C)c(/C=N/NC(=O)c2cc3c(ccc4ccccc43)o2)c2ccccc21.